The van der Waals surface area contributed by atoms with E-state index in [-0.39, 0.29) is 33.8 Å². The molecule has 0 atom stereocenters. The monoisotopic (exact) mass is 1150 g/mol. The number of fused-ring (bicyclic) bond motifs is 6. The van der Waals surface area contributed by atoms with Crippen molar-refractivity contribution >= 4 is 29.5 Å². The first-order valence-electron chi connectivity index (χ1n) is 28.4. The number of amides is 3. The summed E-state index contributed by atoms with van der Waals surface area (Å²) >= 11 is 1.52. The summed E-state index contributed by atoms with van der Waals surface area (Å²) in [5, 5.41) is 0.727. The highest BCUT2D eigenvalue weighted by atomic mass is 32.2. The SMILES string of the molecule is Cc1ccc(C(=O)N2CCC3(CC2)COc2ccc(CN)cc23)cc1C.NCc1ccc2c(c1)C1(CCN(C(=O)c3ccc(C(F)(F)F)o3)CC1)CO2.NCc1ccc2c(c1)C1(CCN(C(=O)c3ccc(Sc4ccccc4)o3)CC1)CO2. The summed E-state index contributed by atoms with van der Waals surface area (Å²) in [7, 11) is 0. The van der Waals surface area contributed by atoms with Gasteiger partial charge in [-0.1, -0.05) is 72.4 Å². The van der Waals surface area contributed by atoms with Gasteiger partial charge in [-0.15, -0.1) is 0 Å². The van der Waals surface area contributed by atoms with Crippen LogP contribution in [0.4, 0.5) is 13.2 Å². The maximum atomic E-state index is 13.0. The molecule has 3 saturated heterocycles. The molecule has 14 nitrogen and oxygen atoms in total. The van der Waals surface area contributed by atoms with E-state index >= 15 is 0 Å². The molecule has 83 heavy (non-hydrogen) atoms. The number of furan rings is 2. The number of nitrogens with two attached hydrogens (primary N) is 3. The van der Waals surface area contributed by atoms with Crippen LogP contribution in [0.3, 0.4) is 0 Å². The molecule has 7 aromatic rings. The smallest absolute Gasteiger partial charge is 0.449 e. The Morgan fingerprint density at radius 1 is 0.494 bits per heavy atom. The lowest BCUT2D eigenvalue weighted by molar-refractivity contribution is -0.153. The molecule has 18 heteroatoms. The minimum absolute atomic E-state index is 0.0191. The molecule has 3 spiro atoms. The lowest BCUT2D eigenvalue weighted by atomic mass is 9.74. The van der Waals surface area contributed by atoms with E-state index in [1.165, 1.54) is 33.4 Å². The molecule has 434 valence electrons. The van der Waals surface area contributed by atoms with Crippen molar-refractivity contribution in [1.29, 1.82) is 0 Å². The summed E-state index contributed by atoms with van der Waals surface area (Å²) in [5.74, 6) is 1.31. The Morgan fingerprint density at radius 3 is 1.33 bits per heavy atom. The van der Waals surface area contributed by atoms with Crippen LogP contribution in [0.15, 0.2) is 146 Å². The Labute approximate surface area is 485 Å². The highest BCUT2D eigenvalue weighted by molar-refractivity contribution is 7.99. The molecule has 13 rings (SSSR count). The molecule has 6 aliphatic rings. The number of nitrogens with zero attached hydrogens (tertiary/aromatic N) is 3. The van der Waals surface area contributed by atoms with E-state index in [4.69, 9.17) is 40.2 Å². The number of hydrogen-bond donors (Lipinski definition) is 3. The average molecular weight is 1150 g/mol. The molecule has 0 unspecified atom stereocenters. The fourth-order valence-corrected chi connectivity index (χ4v) is 13.1. The van der Waals surface area contributed by atoms with Crippen LogP contribution in [0.1, 0.15) is 120 Å². The van der Waals surface area contributed by atoms with Crippen LogP contribution in [0, 0.1) is 13.8 Å². The van der Waals surface area contributed by atoms with Gasteiger partial charge in [0.2, 0.25) is 5.76 Å². The highest BCUT2D eigenvalue weighted by Crippen LogP contribution is 2.49. The topological polar surface area (TPSA) is 193 Å². The number of aryl methyl sites for hydroxylation is 2. The maximum absolute atomic E-state index is 13.0. The van der Waals surface area contributed by atoms with Crippen molar-refractivity contribution < 1.29 is 50.6 Å². The van der Waals surface area contributed by atoms with Gasteiger partial charge in [-0.05, 0) is 147 Å². The van der Waals surface area contributed by atoms with Crippen LogP contribution in [0.5, 0.6) is 17.2 Å². The van der Waals surface area contributed by atoms with Crippen molar-refractivity contribution in [2.45, 2.75) is 104 Å². The van der Waals surface area contributed by atoms with Crippen molar-refractivity contribution in [3.05, 3.63) is 195 Å². The molecule has 2 aromatic heterocycles. The van der Waals surface area contributed by atoms with Gasteiger partial charge in [0, 0.05) is 102 Å². The van der Waals surface area contributed by atoms with Crippen LogP contribution in [-0.4, -0.2) is 91.5 Å². The molecule has 3 amide bonds. The molecule has 0 aliphatic carbocycles. The van der Waals surface area contributed by atoms with Crippen molar-refractivity contribution in [3.8, 4) is 17.2 Å². The standard InChI is InChI=1S/C24H24N2O3S.C22H26N2O2.C19H19F3N2O3/c25-15-17-6-7-20-19(14-17)24(16-28-20)10-12-26(13-11-24)23(27)21-8-9-22(29-21)30-18-4-2-1-3-5-18;1-15-3-5-18(11-16(15)2)21(25)24-9-7-22(8-10-24)14-26-20-6-4-17(13-23)12-19(20)22;20-19(21,22)16-4-3-15(27-16)17(25)24-7-5-18(6-8-24)11-26-14-2-1-12(10-23)9-13(14)18/h1-9,14H,10-13,15-16,25H2;3-6,11-12H,7-10,13-14,23H2,1-2H3;1-4,9H,5-8,10-11,23H2. The van der Waals surface area contributed by atoms with Gasteiger partial charge in [0.25, 0.3) is 17.7 Å². The molecule has 3 fully saturated rings. The fourth-order valence-electron chi connectivity index (χ4n) is 12.3. The Hall–Kier alpha value is -7.51. The maximum Gasteiger partial charge on any atom is 0.449 e. The Balaban J connectivity index is 0.000000131. The Bertz CT molecular complexity index is 3500. The molecule has 6 N–H and O–H groups in total. The number of carbonyl (C=O) groups is 3. The second-order valence-corrected chi connectivity index (χ2v) is 23.8. The number of likely N-dealkylation sites (tertiary alicyclic amines) is 3. The summed E-state index contributed by atoms with van der Waals surface area (Å²) < 4.78 is 66.3. The first kappa shape index (κ1) is 57.3. The third-order valence-corrected chi connectivity index (χ3v) is 18.6. The number of rotatable bonds is 8. The van der Waals surface area contributed by atoms with Gasteiger partial charge in [0.15, 0.2) is 16.6 Å². The van der Waals surface area contributed by atoms with Gasteiger partial charge in [-0.25, -0.2) is 0 Å². The zero-order chi connectivity index (χ0) is 58.1. The van der Waals surface area contributed by atoms with E-state index in [9.17, 15) is 27.6 Å². The predicted octanol–water partition coefficient (Wildman–Crippen LogP) is 11.1. The average Bonchev–Trinajstić information content (AvgIpc) is 4.39. The Morgan fingerprint density at radius 2 is 0.916 bits per heavy atom. The first-order valence-corrected chi connectivity index (χ1v) is 29.2. The van der Waals surface area contributed by atoms with Crippen LogP contribution in [-0.2, 0) is 42.1 Å². The van der Waals surface area contributed by atoms with Crippen molar-refractivity contribution in [2.24, 2.45) is 17.2 Å². The van der Waals surface area contributed by atoms with Crippen LogP contribution < -0.4 is 31.4 Å². The van der Waals surface area contributed by atoms with Crippen molar-refractivity contribution in [2.75, 3.05) is 59.1 Å². The number of carbonyl (C=O) groups excluding carboxylic acids is 3. The lowest BCUT2D eigenvalue weighted by Crippen LogP contribution is -2.46. The third kappa shape index (κ3) is 11.8. The van der Waals surface area contributed by atoms with E-state index in [2.05, 4.69) is 32.0 Å². The largest absolute Gasteiger partial charge is 0.492 e. The third-order valence-electron chi connectivity index (χ3n) is 17.7. The van der Waals surface area contributed by atoms with Crippen LogP contribution >= 0.6 is 11.8 Å². The quantitative estimate of drug-likeness (QED) is 0.131. The molecule has 0 saturated carbocycles. The van der Waals surface area contributed by atoms with E-state index in [1.54, 1.807) is 6.07 Å². The number of alkyl halides is 3. The summed E-state index contributed by atoms with van der Waals surface area (Å²) in [5.41, 5.74) is 27.3. The van der Waals surface area contributed by atoms with Crippen LogP contribution in [0.2, 0.25) is 0 Å². The lowest BCUT2D eigenvalue weighted by Gasteiger charge is -2.38. The number of ether oxygens (including phenoxy) is 3. The first-order chi connectivity index (χ1) is 40.0. The molecule has 6 aliphatic heterocycles. The number of piperidine rings is 3. The highest BCUT2D eigenvalue weighted by Gasteiger charge is 2.47. The van der Waals surface area contributed by atoms with E-state index in [1.807, 2.05) is 101 Å². The summed E-state index contributed by atoms with van der Waals surface area (Å²) in [6.07, 6.45) is 0.378. The van der Waals surface area contributed by atoms with Gasteiger partial charge in [0.1, 0.15) is 17.2 Å². The number of hydrogen-bond acceptors (Lipinski definition) is 12. The molecule has 0 bridgehead atoms. The van der Waals surface area contributed by atoms with Crippen LogP contribution in [0.25, 0.3) is 0 Å². The van der Waals surface area contributed by atoms with E-state index in [0.717, 1.165) is 112 Å². The number of benzene rings is 5. The Kier molecular flexibility index (Phi) is 16.3. The second-order valence-electron chi connectivity index (χ2n) is 22.7. The van der Waals surface area contributed by atoms with Gasteiger partial charge >= 0.3 is 6.18 Å². The zero-order valence-electron chi connectivity index (χ0n) is 46.7. The summed E-state index contributed by atoms with van der Waals surface area (Å²) in [6, 6.07) is 39.9. The van der Waals surface area contributed by atoms with E-state index in [0.29, 0.717) is 84.2 Å². The number of halogens is 3. The summed E-state index contributed by atoms with van der Waals surface area (Å²) in [6.45, 7) is 11.3. The normalized spacial score (nSPS) is 17.8. The van der Waals surface area contributed by atoms with Gasteiger partial charge in [0.05, 0.1) is 19.8 Å². The molecular formula is C65H69F3N6O8S. The molecule has 5 aromatic carbocycles. The van der Waals surface area contributed by atoms with E-state index < -0.39 is 17.8 Å². The van der Waals surface area contributed by atoms with Crippen molar-refractivity contribution in [1.82, 2.24) is 14.7 Å². The summed E-state index contributed by atoms with van der Waals surface area (Å²) in [4.78, 5) is 44.9. The van der Waals surface area contributed by atoms with Gasteiger partial charge in [-0.2, -0.15) is 13.2 Å². The fraction of sp³-hybridized carbons (Fsp3) is 0.369. The van der Waals surface area contributed by atoms with Gasteiger partial charge < -0.3 is 54.9 Å². The zero-order valence-corrected chi connectivity index (χ0v) is 47.6. The predicted molar refractivity (Wildman–Crippen MR) is 309 cm³/mol. The van der Waals surface area contributed by atoms with Gasteiger partial charge in [-0.3, -0.25) is 14.4 Å². The van der Waals surface area contributed by atoms with Crippen molar-refractivity contribution in [3.63, 3.8) is 0 Å². The molecular weight excluding hydrogens is 1080 g/mol. The minimum atomic E-state index is -4.60. The molecule has 0 radical (unpaired) electrons. The minimum Gasteiger partial charge on any atom is -0.492 e. The molecule has 8 heterocycles. The second kappa shape index (κ2) is 23.6.